The number of carbonyl (C=O) groups is 3. The lowest BCUT2D eigenvalue weighted by molar-refractivity contribution is -0.120. The van der Waals surface area contributed by atoms with Crippen molar-refractivity contribution in [2.24, 2.45) is 0 Å². The number of para-hydroxylation sites is 1. The second-order valence-corrected chi connectivity index (χ2v) is 10.0. The first-order valence-corrected chi connectivity index (χ1v) is 13.3. The molecule has 0 fully saturated rings. The topological polar surface area (TPSA) is 91.4 Å². The highest BCUT2D eigenvalue weighted by Crippen LogP contribution is 2.31. The van der Waals surface area contributed by atoms with E-state index in [-0.39, 0.29) is 42.8 Å². The number of anilines is 1. The molecule has 1 atom stereocenters. The second-order valence-electron chi connectivity index (χ2n) is 10.0. The van der Waals surface area contributed by atoms with Gasteiger partial charge in [-0.05, 0) is 59.5 Å². The van der Waals surface area contributed by atoms with Gasteiger partial charge >= 0.3 is 0 Å². The summed E-state index contributed by atoms with van der Waals surface area (Å²) in [5.41, 5.74) is 3.00. The van der Waals surface area contributed by atoms with E-state index in [0.29, 0.717) is 16.8 Å². The molecule has 3 aromatic carbocycles. The SMILES string of the molecule is CNC(=O)c1cc(-c2cccnc2[C@H](Cc2cc(F)cc(F)c2)NC(=O)CN2CC(=O)Cc3ccccc32)ccc1F. The van der Waals surface area contributed by atoms with Crippen molar-refractivity contribution < 1.29 is 27.6 Å². The number of ketones is 1. The number of hydrogen-bond acceptors (Lipinski definition) is 5. The summed E-state index contributed by atoms with van der Waals surface area (Å²) in [5.74, 6) is -3.33. The minimum Gasteiger partial charge on any atom is -0.355 e. The molecule has 214 valence electrons. The van der Waals surface area contributed by atoms with Gasteiger partial charge in [0.1, 0.15) is 17.5 Å². The summed E-state index contributed by atoms with van der Waals surface area (Å²) in [6.07, 6.45) is 1.77. The zero-order valence-electron chi connectivity index (χ0n) is 22.7. The van der Waals surface area contributed by atoms with Crippen LogP contribution >= 0.6 is 0 Å². The predicted molar refractivity (Wildman–Crippen MR) is 151 cm³/mol. The van der Waals surface area contributed by atoms with Gasteiger partial charge in [0.15, 0.2) is 5.78 Å². The number of fused-ring (bicyclic) bond motifs is 1. The number of rotatable bonds is 8. The zero-order valence-corrected chi connectivity index (χ0v) is 22.7. The van der Waals surface area contributed by atoms with Gasteiger partial charge in [0, 0.05) is 37.0 Å². The highest BCUT2D eigenvalue weighted by molar-refractivity contribution is 5.96. The van der Waals surface area contributed by atoms with Crippen molar-refractivity contribution in [3.05, 3.63) is 119 Å². The summed E-state index contributed by atoms with van der Waals surface area (Å²) in [5, 5.41) is 5.34. The number of amides is 2. The lowest BCUT2D eigenvalue weighted by Gasteiger charge is -2.30. The number of halogens is 3. The Bertz CT molecular complexity index is 1660. The molecule has 0 aliphatic carbocycles. The third-order valence-corrected chi connectivity index (χ3v) is 7.04. The van der Waals surface area contributed by atoms with Crippen LogP contribution in [0.25, 0.3) is 11.1 Å². The van der Waals surface area contributed by atoms with Crippen molar-refractivity contribution >= 4 is 23.3 Å². The van der Waals surface area contributed by atoms with Crippen LogP contribution in [0.15, 0.2) is 79.0 Å². The van der Waals surface area contributed by atoms with E-state index >= 15 is 0 Å². The van der Waals surface area contributed by atoms with Gasteiger partial charge in [0.25, 0.3) is 5.91 Å². The van der Waals surface area contributed by atoms with Crippen LogP contribution in [-0.4, -0.2) is 42.7 Å². The smallest absolute Gasteiger partial charge is 0.254 e. The van der Waals surface area contributed by atoms with Crippen molar-refractivity contribution in [1.82, 2.24) is 15.6 Å². The number of hydrogen-bond donors (Lipinski definition) is 2. The third kappa shape index (κ3) is 6.33. The first kappa shape index (κ1) is 28.5. The van der Waals surface area contributed by atoms with Gasteiger partial charge in [-0.15, -0.1) is 0 Å². The highest BCUT2D eigenvalue weighted by atomic mass is 19.1. The lowest BCUT2D eigenvalue weighted by atomic mass is 9.94. The van der Waals surface area contributed by atoms with Gasteiger partial charge < -0.3 is 15.5 Å². The molecule has 1 aliphatic rings. The Balaban J connectivity index is 1.51. The lowest BCUT2D eigenvalue weighted by Crippen LogP contribution is -2.44. The number of nitrogens with one attached hydrogen (secondary N) is 2. The number of nitrogens with zero attached hydrogens (tertiary/aromatic N) is 2. The van der Waals surface area contributed by atoms with Crippen molar-refractivity contribution in [1.29, 1.82) is 0 Å². The van der Waals surface area contributed by atoms with Crippen LogP contribution in [0.1, 0.15) is 33.2 Å². The maximum absolute atomic E-state index is 14.4. The van der Waals surface area contributed by atoms with Gasteiger partial charge in [-0.3, -0.25) is 19.4 Å². The number of aromatic nitrogens is 1. The largest absolute Gasteiger partial charge is 0.355 e. The fraction of sp³-hybridized carbons (Fsp3) is 0.188. The van der Waals surface area contributed by atoms with Crippen LogP contribution < -0.4 is 15.5 Å². The molecule has 0 bridgehead atoms. The molecule has 10 heteroatoms. The van der Waals surface area contributed by atoms with Crippen molar-refractivity contribution in [2.75, 3.05) is 25.0 Å². The van der Waals surface area contributed by atoms with E-state index in [1.54, 1.807) is 17.0 Å². The van der Waals surface area contributed by atoms with Crippen LogP contribution in [0.5, 0.6) is 0 Å². The van der Waals surface area contributed by atoms with Crippen LogP contribution in [-0.2, 0) is 22.4 Å². The molecule has 0 unspecified atom stereocenters. The quantitative estimate of drug-likeness (QED) is 0.323. The van der Waals surface area contributed by atoms with E-state index in [4.69, 9.17) is 0 Å². The number of carbonyl (C=O) groups excluding carboxylic acids is 3. The monoisotopic (exact) mass is 572 g/mol. The number of benzene rings is 3. The van der Waals surface area contributed by atoms with E-state index in [0.717, 1.165) is 23.4 Å². The minimum atomic E-state index is -0.876. The summed E-state index contributed by atoms with van der Waals surface area (Å²) in [6, 6.07) is 17.0. The highest BCUT2D eigenvalue weighted by Gasteiger charge is 2.27. The van der Waals surface area contributed by atoms with Crippen molar-refractivity contribution in [2.45, 2.75) is 18.9 Å². The maximum Gasteiger partial charge on any atom is 0.254 e. The molecule has 2 N–H and O–H groups in total. The fourth-order valence-corrected chi connectivity index (χ4v) is 5.21. The molecule has 2 amide bonds. The van der Waals surface area contributed by atoms with Gasteiger partial charge in [0.2, 0.25) is 5.91 Å². The average molecular weight is 573 g/mol. The molecule has 4 aromatic rings. The second kappa shape index (κ2) is 12.3. The molecule has 1 aliphatic heterocycles. The molecule has 0 radical (unpaired) electrons. The van der Waals surface area contributed by atoms with E-state index in [2.05, 4.69) is 15.6 Å². The first-order valence-electron chi connectivity index (χ1n) is 13.3. The molecule has 7 nitrogen and oxygen atoms in total. The minimum absolute atomic E-state index is 0.0244. The third-order valence-electron chi connectivity index (χ3n) is 7.04. The van der Waals surface area contributed by atoms with E-state index in [1.807, 2.05) is 24.3 Å². The normalized spacial score (nSPS) is 13.3. The molecule has 5 rings (SSSR count). The van der Waals surface area contributed by atoms with Gasteiger partial charge in [0.05, 0.1) is 30.4 Å². The molecule has 0 saturated heterocycles. The molecular weight excluding hydrogens is 545 g/mol. The van der Waals surface area contributed by atoms with Crippen LogP contribution in [0.3, 0.4) is 0 Å². The number of Topliss-reactive ketones (excluding diaryl/α,β-unsaturated/α-hetero) is 1. The Labute approximate surface area is 240 Å². The van der Waals surface area contributed by atoms with E-state index in [9.17, 15) is 27.6 Å². The van der Waals surface area contributed by atoms with Gasteiger partial charge in [-0.1, -0.05) is 30.3 Å². The van der Waals surface area contributed by atoms with Crippen molar-refractivity contribution in [3.63, 3.8) is 0 Å². The molecule has 1 aromatic heterocycles. The predicted octanol–water partition coefficient (Wildman–Crippen LogP) is 4.56. The Hall–Kier alpha value is -4.99. The maximum atomic E-state index is 14.4. The van der Waals surface area contributed by atoms with E-state index < -0.39 is 35.3 Å². The van der Waals surface area contributed by atoms with Crippen molar-refractivity contribution in [3.8, 4) is 11.1 Å². The average Bonchev–Trinajstić information content (AvgIpc) is 2.96. The Morgan fingerprint density at radius 2 is 1.74 bits per heavy atom. The summed E-state index contributed by atoms with van der Waals surface area (Å²) >= 11 is 0. The summed E-state index contributed by atoms with van der Waals surface area (Å²) in [7, 11) is 1.39. The van der Waals surface area contributed by atoms with Crippen LogP contribution in [0.4, 0.5) is 18.9 Å². The fourth-order valence-electron chi connectivity index (χ4n) is 5.21. The van der Waals surface area contributed by atoms with Crippen LogP contribution in [0, 0.1) is 17.5 Å². The van der Waals surface area contributed by atoms with Crippen LogP contribution in [0.2, 0.25) is 0 Å². The zero-order chi connectivity index (χ0) is 29.8. The summed E-state index contributed by atoms with van der Waals surface area (Å²) in [4.78, 5) is 44.3. The Morgan fingerprint density at radius 3 is 2.50 bits per heavy atom. The molecule has 0 saturated carbocycles. The molecule has 0 spiro atoms. The summed E-state index contributed by atoms with van der Waals surface area (Å²) < 4.78 is 42.7. The van der Waals surface area contributed by atoms with Gasteiger partial charge in [-0.2, -0.15) is 0 Å². The van der Waals surface area contributed by atoms with Gasteiger partial charge in [-0.25, -0.2) is 13.2 Å². The molecule has 2 heterocycles. The number of pyridine rings is 1. The standard InChI is InChI=1S/C32H27F3N4O3/c1-36-32(42)26-15-20(8-9-27(26)35)25-6-4-10-37-31(25)28(13-19-11-22(33)16-23(34)12-19)38-30(41)18-39-17-24(40)14-21-5-2-3-7-29(21)39/h2-12,15-16,28H,13-14,17-18H2,1H3,(H,36,42)(H,38,41)/t28-/m0/s1. The first-order chi connectivity index (χ1) is 20.2. The Morgan fingerprint density at radius 1 is 0.976 bits per heavy atom. The molecular formula is C32H27F3N4O3. The molecule has 42 heavy (non-hydrogen) atoms. The van der Waals surface area contributed by atoms with E-state index in [1.165, 1.54) is 37.5 Å². The summed E-state index contributed by atoms with van der Waals surface area (Å²) in [6.45, 7) is -0.0762. The Kier molecular flexibility index (Phi) is 8.33.